The lowest BCUT2D eigenvalue weighted by molar-refractivity contribution is -0.118. The number of benzene rings is 2. The van der Waals surface area contributed by atoms with Crippen LogP contribution in [0.2, 0.25) is 0 Å². The molecule has 23 heavy (non-hydrogen) atoms. The molecule has 0 atom stereocenters. The van der Waals surface area contributed by atoms with Crippen molar-refractivity contribution in [3.63, 3.8) is 0 Å². The van der Waals surface area contributed by atoms with E-state index in [1.165, 1.54) is 33.3 Å². The lowest BCUT2D eigenvalue weighted by Gasteiger charge is -2.21. The van der Waals surface area contributed by atoms with E-state index < -0.39 is 0 Å². The summed E-state index contributed by atoms with van der Waals surface area (Å²) in [5.74, 6) is 0.0304. The molecule has 0 unspecified atom stereocenters. The summed E-state index contributed by atoms with van der Waals surface area (Å²) in [5.41, 5.74) is 6.74. The summed E-state index contributed by atoms with van der Waals surface area (Å²) in [4.78, 5) is 11.2. The van der Waals surface area contributed by atoms with Crippen molar-refractivity contribution in [1.29, 1.82) is 0 Å². The summed E-state index contributed by atoms with van der Waals surface area (Å²) in [6.45, 7) is 3.27. The fraction of sp³-hybridized carbons (Fsp3) is 0.250. The molecule has 0 bridgehead atoms. The Kier molecular flexibility index (Phi) is 3.41. The third-order valence-electron chi connectivity index (χ3n) is 4.70. The van der Waals surface area contributed by atoms with Gasteiger partial charge in [0.05, 0.1) is 5.69 Å². The van der Waals surface area contributed by atoms with Gasteiger partial charge in [0, 0.05) is 36.5 Å². The minimum absolute atomic E-state index is 0.0304. The minimum atomic E-state index is 0.0304. The van der Waals surface area contributed by atoms with Gasteiger partial charge in [0.1, 0.15) is 0 Å². The van der Waals surface area contributed by atoms with Crippen molar-refractivity contribution < 1.29 is 4.79 Å². The Labute approximate surface area is 135 Å². The molecule has 116 valence electrons. The first-order valence-corrected chi connectivity index (χ1v) is 8.18. The van der Waals surface area contributed by atoms with Gasteiger partial charge in [-0.05, 0) is 30.0 Å². The van der Waals surface area contributed by atoms with Crippen LogP contribution in [-0.4, -0.2) is 17.0 Å². The molecule has 0 aliphatic carbocycles. The molecule has 0 saturated carbocycles. The van der Waals surface area contributed by atoms with Crippen molar-refractivity contribution in [1.82, 2.24) is 9.88 Å². The Morgan fingerprint density at radius 3 is 2.78 bits per heavy atom. The van der Waals surface area contributed by atoms with E-state index in [0.717, 1.165) is 19.4 Å². The molecule has 0 fully saturated rings. The smallest absolute Gasteiger partial charge is 0.216 e. The number of rotatable bonds is 3. The molecule has 2 heterocycles. The molecule has 0 radical (unpaired) electrons. The van der Waals surface area contributed by atoms with Crippen LogP contribution in [0.25, 0.3) is 22.2 Å². The first-order chi connectivity index (χ1) is 11.3. The average Bonchev–Trinajstić information content (AvgIpc) is 2.89. The van der Waals surface area contributed by atoms with Crippen molar-refractivity contribution in [2.24, 2.45) is 0 Å². The molecular weight excluding hydrogens is 284 g/mol. The highest BCUT2D eigenvalue weighted by atomic mass is 16.1. The zero-order valence-corrected chi connectivity index (χ0v) is 13.3. The van der Waals surface area contributed by atoms with Crippen LogP contribution in [-0.2, 0) is 24.2 Å². The molecule has 0 saturated heterocycles. The number of aromatic nitrogens is 1. The van der Waals surface area contributed by atoms with Gasteiger partial charge in [-0.25, -0.2) is 0 Å². The lowest BCUT2D eigenvalue weighted by Crippen LogP contribution is -2.22. The van der Waals surface area contributed by atoms with E-state index in [2.05, 4.69) is 58.4 Å². The number of nitrogens with zero attached hydrogens (tertiary/aromatic N) is 1. The standard InChI is InChI=1S/C20H20N2O/c1-14(23)21-12-10-18-17-8-4-5-9-19(17)22-13-11-15-6-2-3-7-16(15)20(18)22/h2-9H,10-13H2,1H3,(H,21,23). The third-order valence-corrected chi connectivity index (χ3v) is 4.70. The summed E-state index contributed by atoms with van der Waals surface area (Å²) in [6, 6.07) is 17.3. The van der Waals surface area contributed by atoms with E-state index in [0.29, 0.717) is 6.54 Å². The predicted molar refractivity (Wildman–Crippen MR) is 93.5 cm³/mol. The summed E-state index contributed by atoms with van der Waals surface area (Å²) < 4.78 is 2.45. The second kappa shape index (κ2) is 5.58. The van der Waals surface area contributed by atoms with E-state index in [1.54, 1.807) is 6.92 Å². The molecule has 3 nitrogen and oxygen atoms in total. The van der Waals surface area contributed by atoms with E-state index in [9.17, 15) is 4.79 Å². The lowest BCUT2D eigenvalue weighted by atomic mass is 9.95. The minimum Gasteiger partial charge on any atom is -0.356 e. The maximum absolute atomic E-state index is 11.2. The highest BCUT2D eigenvalue weighted by Gasteiger charge is 2.23. The summed E-state index contributed by atoms with van der Waals surface area (Å²) in [5, 5.41) is 4.24. The van der Waals surface area contributed by atoms with Gasteiger partial charge in [-0.3, -0.25) is 4.79 Å². The van der Waals surface area contributed by atoms with Crippen molar-refractivity contribution in [3.8, 4) is 11.3 Å². The molecule has 1 N–H and O–H groups in total. The summed E-state index contributed by atoms with van der Waals surface area (Å²) in [6.07, 6.45) is 1.93. The fourth-order valence-electron chi connectivity index (χ4n) is 3.73. The molecule has 1 aromatic heterocycles. The van der Waals surface area contributed by atoms with Crippen molar-refractivity contribution in [2.45, 2.75) is 26.3 Å². The molecule has 1 amide bonds. The summed E-state index contributed by atoms with van der Waals surface area (Å²) in [7, 11) is 0. The summed E-state index contributed by atoms with van der Waals surface area (Å²) >= 11 is 0. The van der Waals surface area contributed by atoms with Crippen LogP contribution >= 0.6 is 0 Å². The number of carbonyl (C=O) groups is 1. The third kappa shape index (κ3) is 2.33. The van der Waals surface area contributed by atoms with Gasteiger partial charge in [-0.1, -0.05) is 42.5 Å². The fourth-order valence-corrected chi connectivity index (χ4v) is 3.73. The van der Waals surface area contributed by atoms with Gasteiger partial charge in [-0.15, -0.1) is 0 Å². The monoisotopic (exact) mass is 304 g/mol. The van der Waals surface area contributed by atoms with E-state index >= 15 is 0 Å². The SMILES string of the molecule is CC(=O)NCCc1c2n(c3ccccc13)CCc1ccccc1-2. The van der Waals surface area contributed by atoms with Crippen LogP contribution in [0.4, 0.5) is 0 Å². The highest BCUT2D eigenvalue weighted by Crippen LogP contribution is 2.38. The number of fused-ring (bicyclic) bond motifs is 5. The highest BCUT2D eigenvalue weighted by molar-refractivity contribution is 5.93. The van der Waals surface area contributed by atoms with E-state index in [-0.39, 0.29) is 5.91 Å². The molecule has 0 spiro atoms. The zero-order chi connectivity index (χ0) is 15.8. The van der Waals surface area contributed by atoms with Gasteiger partial charge in [0.2, 0.25) is 5.91 Å². The normalized spacial score (nSPS) is 12.7. The first kappa shape index (κ1) is 14.1. The van der Waals surface area contributed by atoms with Crippen molar-refractivity contribution >= 4 is 16.8 Å². The van der Waals surface area contributed by atoms with Gasteiger partial charge >= 0.3 is 0 Å². The van der Waals surface area contributed by atoms with E-state index in [4.69, 9.17) is 0 Å². The van der Waals surface area contributed by atoms with Crippen LogP contribution in [0.15, 0.2) is 48.5 Å². The van der Waals surface area contributed by atoms with Gasteiger partial charge in [0.15, 0.2) is 0 Å². The quantitative estimate of drug-likeness (QED) is 0.789. The Morgan fingerprint density at radius 1 is 1.13 bits per heavy atom. The number of para-hydroxylation sites is 1. The largest absolute Gasteiger partial charge is 0.356 e. The Morgan fingerprint density at radius 2 is 1.91 bits per heavy atom. The molecule has 2 aromatic carbocycles. The number of hydrogen-bond acceptors (Lipinski definition) is 1. The topological polar surface area (TPSA) is 34.0 Å². The average molecular weight is 304 g/mol. The molecule has 3 heteroatoms. The molecular formula is C20H20N2O. The van der Waals surface area contributed by atoms with Gasteiger partial charge < -0.3 is 9.88 Å². The maximum atomic E-state index is 11.2. The Balaban J connectivity index is 1.89. The van der Waals surface area contributed by atoms with Gasteiger partial charge in [-0.2, -0.15) is 0 Å². The molecule has 4 rings (SSSR count). The van der Waals surface area contributed by atoms with Crippen molar-refractivity contribution in [3.05, 3.63) is 59.7 Å². The molecule has 1 aliphatic rings. The number of hydrogen-bond donors (Lipinski definition) is 1. The van der Waals surface area contributed by atoms with Crippen LogP contribution in [0.3, 0.4) is 0 Å². The molecule has 1 aliphatic heterocycles. The Bertz CT molecular complexity index is 892. The second-order valence-electron chi connectivity index (χ2n) is 6.14. The van der Waals surface area contributed by atoms with Crippen LogP contribution < -0.4 is 5.32 Å². The molecule has 3 aromatic rings. The zero-order valence-electron chi connectivity index (χ0n) is 13.3. The van der Waals surface area contributed by atoms with Gasteiger partial charge in [0.25, 0.3) is 0 Å². The Hall–Kier alpha value is -2.55. The number of aryl methyl sites for hydroxylation is 2. The maximum Gasteiger partial charge on any atom is 0.216 e. The van der Waals surface area contributed by atoms with Crippen LogP contribution in [0, 0.1) is 0 Å². The number of carbonyl (C=O) groups excluding carboxylic acids is 1. The number of amides is 1. The van der Waals surface area contributed by atoms with Crippen molar-refractivity contribution in [2.75, 3.05) is 6.54 Å². The van der Waals surface area contributed by atoms with Crippen LogP contribution in [0.1, 0.15) is 18.1 Å². The van der Waals surface area contributed by atoms with Crippen LogP contribution in [0.5, 0.6) is 0 Å². The number of nitrogens with one attached hydrogen (secondary N) is 1. The van der Waals surface area contributed by atoms with E-state index in [1.807, 2.05) is 0 Å². The predicted octanol–water partition coefficient (Wildman–Crippen LogP) is 3.54. The first-order valence-electron chi connectivity index (χ1n) is 8.18. The second-order valence-corrected chi connectivity index (χ2v) is 6.14.